The molecule has 0 radical (unpaired) electrons. The van der Waals surface area contributed by atoms with Gasteiger partial charge in [-0.2, -0.15) is 5.26 Å². The average molecular weight is 299 g/mol. The molecule has 4 aromatic rings. The van der Waals surface area contributed by atoms with Crippen molar-refractivity contribution in [1.82, 2.24) is 14.5 Å². The maximum absolute atomic E-state index is 9.48. The monoisotopic (exact) mass is 299 g/mol. The van der Waals surface area contributed by atoms with Crippen molar-refractivity contribution in [3.63, 3.8) is 0 Å². The highest BCUT2D eigenvalue weighted by molar-refractivity contribution is 5.93. The highest BCUT2D eigenvalue weighted by Crippen LogP contribution is 2.30. The molecule has 23 heavy (non-hydrogen) atoms. The summed E-state index contributed by atoms with van der Waals surface area (Å²) in [5, 5.41) is 9.48. The Morgan fingerprint density at radius 2 is 1.65 bits per heavy atom. The third-order valence-electron chi connectivity index (χ3n) is 3.90. The third kappa shape index (κ3) is 1.93. The lowest BCUT2D eigenvalue weighted by atomic mass is 10.2. The van der Waals surface area contributed by atoms with Gasteiger partial charge in [-0.3, -0.25) is 4.57 Å². The predicted octanol–water partition coefficient (Wildman–Crippen LogP) is 3.34. The Bertz CT molecular complexity index is 1080. The second kappa shape index (κ2) is 4.82. The van der Waals surface area contributed by atoms with E-state index in [2.05, 4.69) is 16.0 Å². The van der Waals surface area contributed by atoms with Gasteiger partial charge in [-0.15, -0.1) is 0 Å². The first-order valence-corrected chi connectivity index (χ1v) is 7.23. The SMILES string of the molecule is Cc1ccc(-n2c(N)c(C#N)c3nc4ccccc4nc32)cc1. The van der Waals surface area contributed by atoms with Crippen LogP contribution in [-0.2, 0) is 0 Å². The van der Waals surface area contributed by atoms with Crippen LogP contribution in [-0.4, -0.2) is 14.5 Å². The van der Waals surface area contributed by atoms with Crippen molar-refractivity contribution in [2.75, 3.05) is 5.73 Å². The molecule has 110 valence electrons. The first kappa shape index (κ1) is 13.3. The van der Waals surface area contributed by atoms with Gasteiger partial charge in [0.25, 0.3) is 0 Å². The number of aromatic nitrogens is 3. The molecular formula is C18H13N5. The third-order valence-corrected chi connectivity index (χ3v) is 3.90. The molecule has 0 aliphatic carbocycles. The number of nitriles is 1. The Hall–Kier alpha value is -3.39. The maximum Gasteiger partial charge on any atom is 0.167 e. The van der Waals surface area contributed by atoms with Crippen LogP contribution in [0.1, 0.15) is 11.1 Å². The van der Waals surface area contributed by atoms with Crippen molar-refractivity contribution in [3.05, 3.63) is 59.7 Å². The van der Waals surface area contributed by atoms with Gasteiger partial charge < -0.3 is 5.73 Å². The first-order chi connectivity index (χ1) is 11.2. The van der Waals surface area contributed by atoms with Crippen molar-refractivity contribution < 1.29 is 0 Å². The van der Waals surface area contributed by atoms with E-state index in [1.54, 1.807) is 4.57 Å². The fourth-order valence-electron chi connectivity index (χ4n) is 2.73. The minimum absolute atomic E-state index is 0.360. The van der Waals surface area contributed by atoms with Gasteiger partial charge in [0, 0.05) is 5.69 Å². The smallest absolute Gasteiger partial charge is 0.167 e. The van der Waals surface area contributed by atoms with Gasteiger partial charge in [0.05, 0.1) is 11.0 Å². The molecule has 0 aliphatic heterocycles. The molecule has 0 saturated heterocycles. The summed E-state index contributed by atoms with van der Waals surface area (Å²) in [7, 11) is 0. The van der Waals surface area contributed by atoms with Crippen LogP contribution in [0.4, 0.5) is 5.82 Å². The van der Waals surface area contributed by atoms with Gasteiger partial charge in [0.15, 0.2) is 5.65 Å². The lowest BCUT2D eigenvalue weighted by molar-refractivity contribution is 1.10. The van der Waals surface area contributed by atoms with E-state index in [0.717, 1.165) is 22.3 Å². The first-order valence-electron chi connectivity index (χ1n) is 7.23. The zero-order valence-corrected chi connectivity index (χ0v) is 12.5. The van der Waals surface area contributed by atoms with E-state index in [1.807, 2.05) is 55.5 Å². The van der Waals surface area contributed by atoms with Crippen molar-refractivity contribution in [1.29, 1.82) is 5.26 Å². The number of rotatable bonds is 1. The van der Waals surface area contributed by atoms with Gasteiger partial charge in [0.1, 0.15) is 23.0 Å². The van der Waals surface area contributed by atoms with Crippen LogP contribution in [0.25, 0.3) is 27.9 Å². The van der Waals surface area contributed by atoms with E-state index in [1.165, 1.54) is 0 Å². The number of hydrogen-bond acceptors (Lipinski definition) is 4. The fourth-order valence-corrected chi connectivity index (χ4v) is 2.73. The highest BCUT2D eigenvalue weighted by atomic mass is 15.1. The van der Waals surface area contributed by atoms with E-state index >= 15 is 0 Å². The summed E-state index contributed by atoms with van der Waals surface area (Å²) < 4.78 is 1.78. The van der Waals surface area contributed by atoms with Gasteiger partial charge in [-0.25, -0.2) is 9.97 Å². The van der Waals surface area contributed by atoms with Crippen LogP contribution in [0.2, 0.25) is 0 Å². The van der Waals surface area contributed by atoms with E-state index in [0.29, 0.717) is 22.5 Å². The predicted molar refractivity (Wildman–Crippen MR) is 90.2 cm³/mol. The van der Waals surface area contributed by atoms with E-state index < -0.39 is 0 Å². The molecule has 5 nitrogen and oxygen atoms in total. The molecule has 0 unspecified atom stereocenters. The summed E-state index contributed by atoms with van der Waals surface area (Å²) in [5.74, 6) is 0.363. The molecule has 0 atom stereocenters. The summed E-state index contributed by atoms with van der Waals surface area (Å²) in [5.41, 5.74) is 11.3. The van der Waals surface area contributed by atoms with Crippen LogP contribution in [0.15, 0.2) is 48.5 Å². The highest BCUT2D eigenvalue weighted by Gasteiger charge is 2.19. The molecule has 0 aliphatic rings. The van der Waals surface area contributed by atoms with E-state index in [4.69, 9.17) is 5.73 Å². The molecule has 4 rings (SSSR count). The largest absolute Gasteiger partial charge is 0.384 e. The summed E-state index contributed by atoms with van der Waals surface area (Å²) >= 11 is 0. The molecule has 2 N–H and O–H groups in total. The van der Waals surface area contributed by atoms with Crippen molar-refractivity contribution >= 4 is 28.0 Å². The molecule has 0 spiro atoms. The second-order valence-corrected chi connectivity index (χ2v) is 5.43. The standard InChI is InChI=1S/C18H13N5/c1-11-6-8-12(9-7-11)23-17(20)13(10-19)16-18(23)22-15-5-3-2-4-14(15)21-16/h2-9H,20H2,1H3. The Kier molecular flexibility index (Phi) is 2.78. The fraction of sp³-hybridized carbons (Fsp3) is 0.0556. The molecule has 0 amide bonds. The molecule has 0 saturated carbocycles. The Labute approximate surface area is 132 Å². The quantitative estimate of drug-likeness (QED) is 0.584. The molecular weight excluding hydrogens is 286 g/mol. The maximum atomic E-state index is 9.48. The number of fused-ring (bicyclic) bond motifs is 2. The number of benzene rings is 2. The summed E-state index contributed by atoms with van der Waals surface area (Å²) in [6, 6.07) is 17.7. The lowest BCUT2D eigenvalue weighted by Crippen LogP contribution is -2.01. The van der Waals surface area contributed by atoms with Crippen molar-refractivity contribution in [3.8, 4) is 11.8 Å². The molecule has 2 aromatic heterocycles. The van der Waals surface area contributed by atoms with Crippen LogP contribution >= 0.6 is 0 Å². The van der Waals surface area contributed by atoms with Crippen LogP contribution in [0.3, 0.4) is 0 Å². The average Bonchev–Trinajstić information content (AvgIpc) is 2.84. The molecule has 0 bridgehead atoms. The Balaban J connectivity index is 2.14. The normalized spacial score (nSPS) is 11.0. The van der Waals surface area contributed by atoms with Gasteiger partial charge in [0.2, 0.25) is 0 Å². The number of aryl methyl sites for hydroxylation is 1. The minimum atomic E-state index is 0.360. The molecule has 5 heteroatoms. The van der Waals surface area contributed by atoms with Crippen molar-refractivity contribution in [2.24, 2.45) is 0 Å². The van der Waals surface area contributed by atoms with E-state index in [9.17, 15) is 5.26 Å². The molecule has 2 heterocycles. The van der Waals surface area contributed by atoms with Crippen LogP contribution in [0.5, 0.6) is 0 Å². The summed E-state index contributed by atoms with van der Waals surface area (Å²) in [4.78, 5) is 9.26. The van der Waals surface area contributed by atoms with Gasteiger partial charge >= 0.3 is 0 Å². The topological polar surface area (TPSA) is 80.5 Å². The van der Waals surface area contributed by atoms with Crippen LogP contribution in [0, 0.1) is 18.3 Å². The zero-order chi connectivity index (χ0) is 16.0. The van der Waals surface area contributed by atoms with Gasteiger partial charge in [-0.1, -0.05) is 29.8 Å². The van der Waals surface area contributed by atoms with Crippen LogP contribution < -0.4 is 5.73 Å². The number of nitrogens with zero attached hydrogens (tertiary/aromatic N) is 4. The molecule has 0 fully saturated rings. The minimum Gasteiger partial charge on any atom is -0.384 e. The zero-order valence-electron chi connectivity index (χ0n) is 12.5. The summed E-state index contributed by atoms with van der Waals surface area (Å²) in [6.45, 7) is 2.02. The number of para-hydroxylation sites is 2. The number of anilines is 1. The number of hydrogen-bond donors (Lipinski definition) is 1. The van der Waals surface area contributed by atoms with Crippen molar-refractivity contribution in [2.45, 2.75) is 6.92 Å². The van der Waals surface area contributed by atoms with Gasteiger partial charge in [-0.05, 0) is 31.2 Å². The number of nitrogen functional groups attached to an aromatic ring is 1. The van der Waals surface area contributed by atoms with E-state index in [-0.39, 0.29) is 0 Å². The second-order valence-electron chi connectivity index (χ2n) is 5.43. The Morgan fingerprint density at radius 3 is 2.30 bits per heavy atom. The molecule has 2 aromatic carbocycles. The number of nitrogens with two attached hydrogens (primary N) is 1. The summed E-state index contributed by atoms with van der Waals surface area (Å²) in [6.07, 6.45) is 0. The Morgan fingerprint density at radius 1 is 1.00 bits per heavy atom. The lowest BCUT2D eigenvalue weighted by Gasteiger charge is -2.07.